The highest BCUT2D eigenvalue weighted by atomic mass is 16.6. The first-order chi connectivity index (χ1) is 14.5. The van der Waals surface area contributed by atoms with Crippen molar-refractivity contribution in [1.29, 1.82) is 0 Å². The van der Waals surface area contributed by atoms with E-state index < -0.39 is 5.91 Å². The predicted molar refractivity (Wildman–Crippen MR) is 114 cm³/mol. The molecule has 2 aromatic rings. The van der Waals surface area contributed by atoms with Crippen LogP contribution < -0.4 is 15.2 Å². The van der Waals surface area contributed by atoms with E-state index in [2.05, 4.69) is 41.2 Å². The van der Waals surface area contributed by atoms with Crippen LogP contribution in [0.4, 0.5) is 0 Å². The lowest BCUT2D eigenvalue weighted by Gasteiger charge is -2.18. The molecular formula is C23H27N3O4. The Hall–Kier alpha value is -3.06. The number of hydrogen-bond donors (Lipinski definition) is 1. The van der Waals surface area contributed by atoms with Gasteiger partial charge in [-0.3, -0.25) is 9.69 Å². The van der Waals surface area contributed by atoms with Crippen molar-refractivity contribution in [2.24, 2.45) is 16.8 Å². The maximum atomic E-state index is 11.0. The van der Waals surface area contributed by atoms with E-state index in [-0.39, 0.29) is 18.6 Å². The van der Waals surface area contributed by atoms with E-state index in [1.54, 1.807) is 0 Å². The van der Waals surface area contributed by atoms with E-state index in [1.165, 1.54) is 5.56 Å². The van der Waals surface area contributed by atoms with Crippen molar-refractivity contribution >= 4 is 11.6 Å². The first kappa shape index (κ1) is 20.2. The number of fused-ring (bicyclic) bond motifs is 1. The largest absolute Gasteiger partial charge is 0.490 e. The summed E-state index contributed by atoms with van der Waals surface area (Å²) in [6.07, 6.45) is 0.0887. The lowest BCUT2D eigenvalue weighted by molar-refractivity contribution is -0.119. The van der Waals surface area contributed by atoms with Gasteiger partial charge >= 0.3 is 0 Å². The van der Waals surface area contributed by atoms with Gasteiger partial charge < -0.3 is 20.0 Å². The third-order valence-corrected chi connectivity index (χ3v) is 5.41. The number of nitrogens with zero attached hydrogens (tertiary/aromatic N) is 2. The number of rotatable bonds is 8. The molecule has 0 aromatic heterocycles. The highest BCUT2D eigenvalue weighted by Crippen LogP contribution is 2.33. The van der Waals surface area contributed by atoms with Crippen LogP contribution in [0.15, 0.2) is 47.6 Å². The second-order valence-corrected chi connectivity index (χ2v) is 7.76. The van der Waals surface area contributed by atoms with Crippen LogP contribution in [0.25, 0.3) is 0 Å². The second-order valence-electron chi connectivity index (χ2n) is 7.76. The van der Waals surface area contributed by atoms with E-state index in [0.29, 0.717) is 18.1 Å². The van der Waals surface area contributed by atoms with Gasteiger partial charge in [-0.15, -0.1) is 0 Å². The average molecular weight is 409 g/mol. The fourth-order valence-electron chi connectivity index (χ4n) is 3.98. The van der Waals surface area contributed by atoms with Crippen LogP contribution in [0.2, 0.25) is 0 Å². The lowest BCUT2D eigenvalue weighted by Crippen LogP contribution is -2.23. The third kappa shape index (κ3) is 4.41. The van der Waals surface area contributed by atoms with Gasteiger partial charge in [-0.25, -0.2) is 0 Å². The molecule has 1 amide bonds. The highest BCUT2D eigenvalue weighted by molar-refractivity contribution is 6.03. The molecule has 4 rings (SSSR count). The number of ether oxygens (including phenoxy) is 2. The normalized spacial score (nSPS) is 20.4. The number of primary amides is 1. The van der Waals surface area contributed by atoms with Gasteiger partial charge in [-0.1, -0.05) is 41.1 Å². The summed E-state index contributed by atoms with van der Waals surface area (Å²) in [7, 11) is 0. The molecule has 0 bridgehead atoms. The number of hydrogen-bond acceptors (Lipinski definition) is 6. The highest BCUT2D eigenvalue weighted by Gasteiger charge is 2.42. The van der Waals surface area contributed by atoms with Crippen molar-refractivity contribution in [3.63, 3.8) is 0 Å². The van der Waals surface area contributed by atoms with Gasteiger partial charge in [0.25, 0.3) is 5.91 Å². The predicted octanol–water partition coefficient (Wildman–Crippen LogP) is 2.49. The summed E-state index contributed by atoms with van der Waals surface area (Å²) in [6.45, 7) is 6.82. The Morgan fingerprint density at radius 3 is 2.70 bits per heavy atom. The van der Waals surface area contributed by atoms with Gasteiger partial charge in [0.1, 0.15) is 6.10 Å². The van der Waals surface area contributed by atoms with Gasteiger partial charge in [-0.2, -0.15) is 0 Å². The molecule has 0 spiro atoms. The molecule has 2 unspecified atom stereocenters. The van der Waals surface area contributed by atoms with Crippen molar-refractivity contribution in [1.82, 2.24) is 4.90 Å². The molecule has 158 valence electrons. The van der Waals surface area contributed by atoms with E-state index >= 15 is 0 Å². The number of aryl methyl sites for hydroxylation is 1. The van der Waals surface area contributed by atoms with Gasteiger partial charge in [0.15, 0.2) is 18.1 Å². The Kier molecular flexibility index (Phi) is 5.90. The van der Waals surface area contributed by atoms with Crippen molar-refractivity contribution < 1.29 is 19.1 Å². The van der Waals surface area contributed by atoms with E-state index in [1.807, 2.05) is 25.1 Å². The molecule has 2 aromatic carbocycles. The summed E-state index contributed by atoms with van der Waals surface area (Å²) in [5.41, 5.74) is 9.68. The van der Waals surface area contributed by atoms with Crippen LogP contribution >= 0.6 is 0 Å². The fourth-order valence-corrected chi connectivity index (χ4v) is 3.98. The van der Waals surface area contributed by atoms with Crippen molar-refractivity contribution in [3.05, 3.63) is 59.2 Å². The zero-order chi connectivity index (χ0) is 21.1. The summed E-state index contributed by atoms with van der Waals surface area (Å²) < 4.78 is 11.2. The second kappa shape index (κ2) is 8.75. The van der Waals surface area contributed by atoms with Crippen molar-refractivity contribution in [2.45, 2.75) is 26.5 Å². The average Bonchev–Trinajstić information content (AvgIpc) is 3.28. The molecule has 7 heteroatoms. The summed E-state index contributed by atoms with van der Waals surface area (Å²) in [6, 6.07) is 14.2. The molecule has 2 aliphatic rings. The zero-order valence-electron chi connectivity index (χ0n) is 17.3. The Bertz CT molecular complexity index is 942. The minimum Gasteiger partial charge on any atom is -0.490 e. The van der Waals surface area contributed by atoms with Gasteiger partial charge in [0.05, 0.1) is 18.2 Å². The Morgan fingerprint density at radius 2 is 1.97 bits per heavy atom. The topological polar surface area (TPSA) is 86.4 Å². The number of carbonyl (C=O) groups is 1. The number of likely N-dealkylation sites (tertiary alicyclic amines) is 1. The SMILES string of the molecule is CCOc1cc(CN2CC3ON=C(c4ccc(C)cc4)C3C2)ccc1OCC(N)=O. The zero-order valence-corrected chi connectivity index (χ0v) is 17.3. The smallest absolute Gasteiger partial charge is 0.255 e. The lowest BCUT2D eigenvalue weighted by atomic mass is 9.94. The number of carbonyl (C=O) groups excluding carboxylic acids is 1. The minimum absolute atomic E-state index is 0.0887. The molecule has 2 heterocycles. The number of oxime groups is 1. The van der Waals surface area contributed by atoms with Gasteiger partial charge in [0, 0.05) is 19.6 Å². The van der Waals surface area contributed by atoms with Crippen LogP contribution in [0.5, 0.6) is 11.5 Å². The van der Waals surface area contributed by atoms with Gasteiger partial charge in [0.2, 0.25) is 0 Å². The summed E-state index contributed by atoms with van der Waals surface area (Å²) in [5.74, 6) is 0.900. The first-order valence-electron chi connectivity index (χ1n) is 10.2. The Balaban J connectivity index is 1.43. The van der Waals surface area contributed by atoms with Crippen LogP contribution in [-0.4, -0.2) is 48.9 Å². The molecule has 2 N–H and O–H groups in total. The molecule has 0 radical (unpaired) electrons. The van der Waals surface area contributed by atoms with E-state index in [4.69, 9.17) is 20.0 Å². The number of amides is 1. The van der Waals surface area contributed by atoms with Crippen molar-refractivity contribution in [3.8, 4) is 11.5 Å². The molecular weight excluding hydrogens is 382 g/mol. The summed E-state index contributed by atoms with van der Waals surface area (Å²) in [4.78, 5) is 19.1. The first-order valence-corrected chi connectivity index (χ1v) is 10.2. The Morgan fingerprint density at radius 1 is 1.17 bits per heavy atom. The minimum atomic E-state index is -0.517. The standard InChI is InChI=1S/C23H27N3O4/c1-3-28-20-10-16(6-9-19(20)29-14-22(24)27)11-26-12-18-21(13-26)30-25-23(18)17-7-4-15(2)5-8-17/h4-10,18,21H,3,11-14H2,1-2H3,(H2,24,27). The molecule has 2 aliphatic heterocycles. The molecule has 0 aliphatic carbocycles. The van der Waals surface area contributed by atoms with Crippen molar-refractivity contribution in [2.75, 3.05) is 26.3 Å². The Labute approximate surface area is 176 Å². The summed E-state index contributed by atoms with van der Waals surface area (Å²) in [5, 5.41) is 4.36. The third-order valence-electron chi connectivity index (χ3n) is 5.41. The molecule has 0 saturated carbocycles. The number of benzene rings is 2. The van der Waals surface area contributed by atoms with Crippen LogP contribution in [0.1, 0.15) is 23.6 Å². The molecule has 7 nitrogen and oxygen atoms in total. The monoisotopic (exact) mass is 409 g/mol. The number of nitrogens with two attached hydrogens (primary N) is 1. The fraction of sp³-hybridized carbons (Fsp3) is 0.391. The quantitative estimate of drug-likeness (QED) is 0.724. The van der Waals surface area contributed by atoms with E-state index in [9.17, 15) is 4.79 Å². The summed E-state index contributed by atoms with van der Waals surface area (Å²) >= 11 is 0. The molecule has 1 saturated heterocycles. The molecule has 30 heavy (non-hydrogen) atoms. The van der Waals surface area contributed by atoms with Crippen LogP contribution in [0, 0.1) is 12.8 Å². The maximum Gasteiger partial charge on any atom is 0.255 e. The molecule has 1 fully saturated rings. The van der Waals surface area contributed by atoms with E-state index in [0.717, 1.165) is 36.5 Å². The van der Waals surface area contributed by atoms with Crippen LogP contribution in [0.3, 0.4) is 0 Å². The van der Waals surface area contributed by atoms with Crippen LogP contribution in [-0.2, 0) is 16.2 Å². The van der Waals surface area contributed by atoms with Gasteiger partial charge in [-0.05, 0) is 37.1 Å². The molecule has 2 atom stereocenters. The maximum absolute atomic E-state index is 11.0.